The molecule has 0 fully saturated rings. The van der Waals surface area contributed by atoms with Crippen molar-refractivity contribution in [1.82, 2.24) is 4.90 Å². The van der Waals surface area contributed by atoms with Gasteiger partial charge in [0.05, 0.1) is 17.5 Å². The van der Waals surface area contributed by atoms with Crippen molar-refractivity contribution in [2.24, 2.45) is 0 Å². The monoisotopic (exact) mass is 382 g/mol. The number of nitrogens with zero attached hydrogens (tertiary/aromatic N) is 1. The van der Waals surface area contributed by atoms with Crippen molar-refractivity contribution >= 4 is 38.9 Å². The number of hydrogen-bond donors (Lipinski definition) is 1. The van der Waals surface area contributed by atoms with Gasteiger partial charge in [-0.15, -0.1) is 0 Å². The molecule has 1 N–H and O–H groups in total. The van der Waals surface area contributed by atoms with E-state index in [4.69, 9.17) is 4.74 Å². The molecule has 1 heterocycles. The predicted octanol–water partition coefficient (Wildman–Crippen LogP) is 1.93. The van der Waals surface area contributed by atoms with Gasteiger partial charge in [0, 0.05) is 13.6 Å². The first-order valence-electron chi connectivity index (χ1n) is 7.25. The van der Waals surface area contributed by atoms with Crippen LogP contribution in [0.1, 0.15) is 15.9 Å². The summed E-state index contributed by atoms with van der Waals surface area (Å²) in [4.78, 5) is 25.7. The van der Waals surface area contributed by atoms with E-state index in [2.05, 4.69) is 4.72 Å². The number of hydrogen-bond acceptors (Lipinski definition) is 6. The van der Waals surface area contributed by atoms with E-state index in [1.165, 1.54) is 28.4 Å². The predicted molar refractivity (Wildman–Crippen MR) is 96.0 cm³/mol. The van der Waals surface area contributed by atoms with Gasteiger partial charge in [0.25, 0.3) is 5.91 Å². The lowest BCUT2D eigenvalue weighted by Crippen LogP contribution is -2.30. The van der Waals surface area contributed by atoms with E-state index in [0.717, 1.165) is 11.8 Å². The molecule has 25 heavy (non-hydrogen) atoms. The molecule has 0 saturated carbocycles. The highest BCUT2D eigenvalue weighted by Crippen LogP contribution is 2.17. The Kier molecular flexibility index (Phi) is 6.16. The number of ether oxygens (including phenoxy) is 1. The fourth-order valence-corrected chi connectivity index (χ4v) is 3.25. The number of rotatable bonds is 7. The lowest BCUT2D eigenvalue weighted by atomic mass is 10.2. The summed E-state index contributed by atoms with van der Waals surface area (Å²) < 4.78 is 30.0. The zero-order valence-corrected chi connectivity index (χ0v) is 15.4. The molecule has 7 nitrogen and oxygen atoms in total. The van der Waals surface area contributed by atoms with E-state index in [0.29, 0.717) is 6.54 Å². The van der Waals surface area contributed by atoms with Gasteiger partial charge in [-0.2, -0.15) is 11.3 Å². The summed E-state index contributed by atoms with van der Waals surface area (Å²) in [6, 6.07) is 7.95. The largest absolute Gasteiger partial charge is 0.452 e. The molecule has 0 bridgehead atoms. The average Bonchev–Trinajstić information content (AvgIpc) is 3.04. The molecule has 1 amide bonds. The minimum Gasteiger partial charge on any atom is -0.452 e. The fraction of sp³-hybridized carbons (Fsp3) is 0.250. The van der Waals surface area contributed by atoms with Crippen LogP contribution in [0, 0.1) is 0 Å². The molecule has 0 spiro atoms. The topological polar surface area (TPSA) is 92.8 Å². The van der Waals surface area contributed by atoms with Crippen LogP contribution in [0.2, 0.25) is 0 Å². The van der Waals surface area contributed by atoms with Crippen LogP contribution in [0.3, 0.4) is 0 Å². The van der Waals surface area contributed by atoms with Crippen molar-refractivity contribution < 1.29 is 22.7 Å². The zero-order valence-electron chi connectivity index (χ0n) is 13.8. The number of carbonyl (C=O) groups excluding carboxylic acids is 2. The molecule has 0 saturated heterocycles. The number of amides is 1. The van der Waals surface area contributed by atoms with Gasteiger partial charge in [-0.1, -0.05) is 12.1 Å². The highest BCUT2D eigenvalue weighted by Gasteiger charge is 2.17. The van der Waals surface area contributed by atoms with Gasteiger partial charge in [-0.05, 0) is 34.5 Å². The van der Waals surface area contributed by atoms with Crippen LogP contribution >= 0.6 is 11.3 Å². The molecule has 0 aliphatic rings. The minimum atomic E-state index is -3.54. The third kappa shape index (κ3) is 5.87. The van der Waals surface area contributed by atoms with Gasteiger partial charge in [-0.25, -0.2) is 13.2 Å². The third-order valence-electron chi connectivity index (χ3n) is 3.19. The SMILES string of the molecule is CN(Cc1ccsc1)C(=O)COC(=O)c1ccccc1NS(C)(=O)=O. The second-order valence-electron chi connectivity index (χ2n) is 5.38. The van der Waals surface area contributed by atoms with Crippen molar-refractivity contribution in [2.75, 3.05) is 24.6 Å². The van der Waals surface area contributed by atoms with Crippen LogP contribution in [0.5, 0.6) is 0 Å². The first-order chi connectivity index (χ1) is 11.8. The third-order valence-corrected chi connectivity index (χ3v) is 4.52. The van der Waals surface area contributed by atoms with E-state index in [1.54, 1.807) is 19.2 Å². The summed E-state index contributed by atoms with van der Waals surface area (Å²) in [5.41, 5.74) is 1.14. The standard InChI is InChI=1S/C16H18N2O5S2/c1-18(9-12-7-8-24-11-12)15(19)10-23-16(20)13-5-3-4-6-14(13)17-25(2,21)22/h3-8,11,17H,9-10H2,1-2H3. The molecular formula is C16H18N2O5S2. The molecule has 1 aromatic carbocycles. The normalized spacial score (nSPS) is 11.0. The summed E-state index contributed by atoms with van der Waals surface area (Å²) in [6.07, 6.45) is 0.984. The Bertz CT molecular complexity index is 847. The maximum absolute atomic E-state index is 12.2. The molecule has 0 radical (unpaired) electrons. The smallest absolute Gasteiger partial charge is 0.340 e. The number of likely N-dealkylation sites (N-methyl/N-ethyl adjacent to an activating group) is 1. The second-order valence-corrected chi connectivity index (χ2v) is 7.91. The van der Waals surface area contributed by atoms with Gasteiger partial charge in [0.15, 0.2) is 6.61 Å². The van der Waals surface area contributed by atoms with Crippen molar-refractivity contribution in [3.05, 3.63) is 52.2 Å². The summed E-state index contributed by atoms with van der Waals surface area (Å²) in [7, 11) is -1.92. The van der Waals surface area contributed by atoms with Gasteiger partial charge >= 0.3 is 5.97 Å². The Morgan fingerprint density at radius 1 is 1.24 bits per heavy atom. The first kappa shape index (κ1) is 18.9. The zero-order chi connectivity index (χ0) is 18.4. The number of anilines is 1. The van der Waals surface area contributed by atoms with Crippen LogP contribution in [0.4, 0.5) is 5.69 Å². The maximum Gasteiger partial charge on any atom is 0.340 e. The number of nitrogens with one attached hydrogen (secondary N) is 1. The number of carbonyl (C=O) groups is 2. The second kappa shape index (κ2) is 8.13. The van der Waals surface area contributed by atoms with E-state index < -0.39 is 22.6 Å². The summed E-state index contributed by atoms with van der Waals surface area (Å²) in [5.74, 6) is -1.13. The molecule has 1 aromatic heterocycles. The number of thiophene rings is 1. The number of benzene rings is 1. The highest BCUT2D eigenvalue weighted by atomic mass is 32.2. The van der Waals surface area contributed by atoms with Gasteiger partial charge in [-0.3, -0.25) is 9.52 Å². The van der Waals surface area contributed by atoms with Crippen molar-refractivity contribution in [2.45, 2.75) is 6.54 Å². The Labute approximate surface area is 150 Å². The lowest BCUT2D eigenvalue weighted by molar-refractivity contribution is -0.133. The minimum absolute atomic E-state index is 0.0428. The Morgan fingerprint density at radius 2 is 1.96 bits per heavy atom. The molecule has 0 aliphatic carbocycles. The van der Waals surface area contributed by atoms with Crippen LogP contribution < -0.4 is 4.72 Å². The highest BCUT2D eigenvalue weighted by molar-refractivity contribution is 7.92. The van der Waals surface area contributed by atoms with Crippen LogP contribution in [-0.2, 0) is 26.1 Å². The molecule has 9 heteroatoms. The molecule has 0 unspecified atom stereocenters. The van der Waals surface area contributed by atoms with Crippen molar-refractivity contribution in [3.63, 3.8) is 0 Å². The molecular weight excluding hydrogens is 364 g/mol. The van der Waals surface area contributed by atoms with E-state index >= 15 is 0 Å². The lowest BCUT2D eigenvalue weighted by Gasteiger charge is -2.16. The van der Waals surface area contributed by atoms with Gasteiger partial charge in [0.2, 0.25) is 10.0 Å². The number of sulfonamides is 1. The summed E-state index contributed by atoms with van der Waals surface area (Å²) in [5, 5.41) is 3.85. The van der Waals surface area contributed by atoms with E-state index in [1.807, 2.05) is 16.8 Å². The van der Waals surface area contributed by atoms with Gasteiger partial charge < -0.3 is 9.64 Å². The molecule has 0 aliphatic heterocycles. The number of para-hydroxylation sites is 1. The van der Waals surface area contributed by atoms with E-state index in [-0.39, 0.29) is 17.2 Å². The Morgan fingerprint density at radius 3 is 2.60 bits per heavy atom. The average molecular weight is 382 g/mol. The van der Waals surface area contributed by atoms with Crippen LogP contribution in [0.15, 0.2) is 41.1 Å². The quantitative estimate of drug-likeness (QED) is 0.739. The fourth-order valence-electron chi connectivity index (χ4n) is 2.01. The summed E-state index contributed by atoms with van der Waals surface area (Å²) >= 11 is 1.54. The number of esters is 1. The molecule has 2 rings (SSSR count). The molecule has 134 valence electrons. The molecule has 2 aromatic rings. The first-order valence-corrected chi connectivity index (χ1v) is 10.1. The van der Waals surface area contributed by atoms with Crippen molar-refractivity contribution in [3.8, 4) is 0 Å². The van der Waals surface area contributed by atoms with Crippen LogP contribution in [-0.4, -0.2) is 45.1 Å². The summed E-state index contributed by atoms with van der Waals surface area (Å²) in [6.45, 7) is -0.00121. The molecule has 0 atom stereocenters. The maximum atomic E-state index is 12.2. The van der Waals surface area contributed by atoms with Crippen molar-refractivity contribution in [1.29, 1.82) is 0 Å². The van der Waals surface area contributed by atoms with Gasteiger partial charge in [0.1, 0.15) is 0 Å². The van der Waals surface area contributed by atoms with Crippen LogP contribution in [0.25, 0.3) is 0 Å². The van der Waals surface area contributed by atoms with E-state index in [9.17, 15) is 18.0 Å². The Balaban J connectivity index is 1.97. The Hall–Kier alpha value is -2.39.